The molecule has 4 rings (SSSR count). The number of fused-ring (bicyclic) bond motifs is 1. The first kappa shape index (κ1) is 18.7. The molecule has 3 amide bonds. The molecule has 1 atom stereocenters. The van der Waals surface area contributed by atoms with Gasteiger partial charge in [0.05, 0.1) is 12.1 Å². The summed E-state index contributed by atoms with van der Waals surface area (Å²) < 4.78 is 13.6. The van der Waals surface area contributed by atoms with E-state index < -0.39 is 12.1 Å². The van der Waals surface area contributed by atoms with Crippen LogP contribution in [-0.4, -0.2) is 33.8 Å². The van der Waals surface area contributed by atoms with Crippen molar-refractivity contribution >= 4 is 34.2 Å². The van der Waals surface area contributed by atoms with Crippen molar-refractivity contribution in [3.63, 3.8) is 0 Å². The molecular formula is C22H18FN3O3. The molecule has 0 bridgehead atoms. The number of imide groups is 1. The van der Waals surface area contributed by atoms with Crippen LogP contribution in [0.4, 0.5) is 4.39 Å². The van der Waals surface area contributed by atoms with E-state index in [1.165, 1.54) is 17.1 Å². The Bertz CT molecular complexity index is 1120. The molecular weight excluding hydrogens is 373 g/mol. The SMILES string of the molecule is NC(=O)c1cc(C2=CC=CC(F)C=C2)c2ccc(CN3C(=O)CCC3=O)cc2n1. The number of amides is 3. The largest absolute Gasteiger partial charge is 0.364 e. The van der Waals surface area contributed by atoms with Crippen LogP contribution in [0, 0.1) is 0 Å². The predicted molar refractivity (Wildman–Crippen MR) is 106 cm³/mol. The molecule has 0 saturated carbocycles. The third kappa shape index (κ3) is 3.71. The van der Waals surface area contributed by atoms with Crippen molar-refractivity contribution in [2.45, 2.75) is 25.6 Å². The van der Waals surface area contributed by atoms with E-state index in [9.17, 15) is 18.8 Å². The molecule has 0 radical (unpaired) electrons. The molecule has 1 fully saturated rings. The minimum absolute atomic E-state index is 0.0808. The number of rotatable bonds is 4. The first-order chi connectivity index (χ1) is 13.9. The number of pyridine rings is 1. The van der Waals surface area contributed by atoms with E-state index in [1.54, 1.807) is 30.4 Å². The van der Waals surface area contributed by atoms with Crippen molar-refractivity contribution in [2.75, 3.05) is 0 Å². The molecule has 146 valence electrons. The number of alkyl halides is 1. The molecule has 2 heterocycles. The number of benzene rings is 1. The number of hydrogen-bond donors (Lipinski definition) is 1. The Balaban J connectivity index is 1.80. The minimum Gasteiger partial charge on any atom is -0.364 e. The first-order valence-electron chi connectivity index (χ1n) is 9.20. The van der Waals surface area contributed by atoms with Crippen molar-refractivity contribution in [1.29, 1.82) is 0 Å². The van der Waals surface area contributed by atoms with Crippen molar-refractivity contribution in [3.05, 3.63) is 71.5 Å². The maximum atomic E-state index is 13.6. The van der Waals surface area contributed by atoms with E-state index in [0.717, 1.165) is 10.9 Å². The molecule has 2 aliphatic rings. The Labute approximate surface area is 166 Å². The van der Waals surface area contributed by atoms with Gasteiger partial charge < -0.3 is 5.73 Å². The number of halogens is 1. The number of primary amides is 1. The van der Waals surface area contributed by atoms with E-state index in [4.69, 9.17) is 5.73 Å². The van der Waals surface area contributed by atoms with E-state index >= 15 is 0 Å². The number of aromatic nitrogens is 1. The fourth-order valence-corrected chi connectivity index (χ4v) is 3.48. The summed E-state index contributed by atoms with van der Waals surface area (Å²) in [7, 11) is 0. The summed E-state index contributed by atoms with van der Waals surface area (Å²) in [6, 6.07) is 6.95. The summed E-state index contributed by atoms with van der Waals surface area (Å²) in [5.74, 6) is -1.08. The number of carbonyl (C=O) groups is 3. The van der Waals surface area contributed by atoms with Crippen LogP contribution in [-0.2, 0) is 16.1 Å². The summed E-state index contributed by atoms with van der Waals surface area (Å²) in [4.78, 5) is 41.1. The molecule has 2 aromatic rings. The third-order valence-corrected chi connectivity index (χ3v) is 4.96. The second-order valence-electron chi connectivity index (χ2n) is 6.95. The molecule has 1 aromatic heterocycles. The molecule has 7 heteroatoms. The van der Waals surface area contributed by atoms with Crippen molar-refractivity contribution < 1.29 is 18.8 Å². The molecule has 1 unspecified atom stereocenters. The average molecular weight is 391 g/mol. The van der Waals surface area contributed by atoms with Gasteiger partial charge in [-0.2, -0.15) is 0 Å². The minimum atomic E-state index is -1.19. The standard InChI is InChI=1S/C22H18FN3O3/c23-15-3-1-2-14(5-6-15)17-11-19(22(24)29)25-18-10-13(4-7-16(17)18)12-26-20(27)8-9-21(26)28/h1-7,10-11,15H,8-9,12H2,(H2,24,29). The predicted octanol–water partition coefficient (Wildman–Crippen LogP) is 2.83. The van der Waals surface area contributed by atoms with Crippen LogP contribution >= 0.6 is 0 Å². The van der Waals surface area contributed by atoms with Gasteiger partial charge in [0.15, 0.2) is 0 Å². The molecule has 0 spiro atoms. The maximum Gasteiger partial charge on any atom is 0.267 e. The Kier molecular flexibility index (Phi) is 4.80. The zero-order valence-electron chi connectivity index (χ0n) is 15.5. The van der Waals surface area contributed by atoms with E-state index in [1.807, 2.05) is 12.1 Å². The highest BCUT2D eigenvalue weighted by Crippen LogP contribution is 2.29. The van der Waals surface area contributed by atoms with Gasteiger partial charge in [-0.15, -0.1) is 0 Å². The third-order valence-electron chi connectivity index (χ3n) is 4.96. The van der Waals surface area contributed by atoms with Gasteiger partial charge in [0.1, 0.15) is 11.9 Å². The van der Waals surface area contributed by atoms with Crippen LogP contribution in [0.3, 0.4) is 0 Å². The van der Waals surface area contributed by atoms with Gasteiger partial charge in [0.25, 0.3) is 5.91 Å². The second kappa shape index (κ2) is 7.43. The lowest BCUT2D eigenvalue weighted by Crippen LogP contribution is -2.28. The van der Waals surface area contributed by atoms with Crippen LogP contribution < -0.4 is 5.73 Å². The highest BCUT2D eigenvalue weighted by Gasteiger charge is 2.28. The van der Waals surface area contributed by atoms with Gasteiger partial charge in [0, 0.05) is 18.2 Å². The Morgan fingerprint density at radius 3 is 2.66 bits per heavy atom. The van der Waals surface area contributed by atoms with Crippen LogP contribution in [0.5, 0.6) is 0 Å². The zero-order valence-corrected chi connectivity index (χ0v) is 15.5. The first-order valence-corrected chi connectivity index (χ1v) is 9.20. The normalized spacial score (nSPS) is 19.0. The highest BCUT2D eigenvalue weighted by molar-refractivity contribution is 6.02. The number of allylic oxidation sites excluding steroid dienone is 6. The van der Waals surface area contributed by atoms with E-state index in [2.05, 4.69) is 4.98 Å². The van der Waals surface area contributed by atoms with Gasteiger partial charge in [-0.1, -0.05) is 30.4 Å². The monoisotopic (exact) mass is 391 g/mol. The zero-order chi connectivity index (χ0) is 20.5. The molecule has 2 N–H and O–H groups in total. The summed E-state index contributed by atoms with van der Waals surface area (Å²) in [5, 5.41) is 0.749. The van der Waals surface area contributed by atoms with Gasteiger partial charge >= 0.3 is 0 Å². The Hall–Kier alpha value is -3.61. The van der Waals surface area contributed by atoms with Gasteiger partial charge in [-0.3, -0.25) is 19.3 Å². The number of likely N-dealkylation sites (tertiary alicyclic amines) is 1. The van der Waals surface area contributed by atoms with Crippen LogP contribution in [0.25, 0.3) is 16.5 Å². The van der Waals surface area contributed by atoms with Crippen molar-refractivity contribution in [3.8, 4) is 0 Å². The topological polar surface area (TPSA) is 93.4 Å². The van der Waals surface area contributed by atoms with E-state index in [-0.39, 0.29) is 36.9 Å². The lowest BCUT2D eigenvalue weighted by atomic mass is 9.98. The number of nitrogens with two attached hydrogens (primary N) is 1. The number of carbonyl (C=O) groups excluding carboxylic acids is 3. The fraction of sp³-hybridized carbons (Fsp3) is 0.182. The second-order valence-corrected chi connectivity index (χ2v) is 6.95. The Morgan fingerprint density at radius 1 is 1.17 bits per heavy atom. The molecule has 1 aromatic carbocycles. The summed E-state index contributed by atoms with van der Waals surface area (Å²) in [6.07, 6.45) is 7.14. The Morgan fingerprint density at radius 2 is 1.93 bits per heavy atom. The van der Waals surface area contributed by atoms with Gasteiger partial charge in [-0.25, -0.2) is 9.37 Å². The van der Waals surface area contributed by atoms with E-state index in [0.29, 0.717) is 16.7 Å². The lowest BCUT2D eigenvalue weighted by molar-refractivity contribution is -0.139. The molecule has 29 heavy (non-hydrogen) atoms. The summed E-state index contributed by atoms with van der Waals surface area (Å²) in [6.45, 7) is 0.153. The lowest BCUT2D eigenvalue weighted by Gasteiger charge is -2.15. The summed E-state index contributed by atoms with van der Waals surface area (Å²) >= 11 is 0. The molecule has 6 nitrogen and oxygen atoms in total. The average Bonchev–Trinajstić information content (AvgIpc) is 2.89. The number of nitrogens with zero attached hydrogens (tertiary/aromatic N) is 2. The molecule has 1 aliphatic heterocycles. The quantitative estimate of drug-likeness (QED) is 0.811. The molecule has 1 aliphatic carbocycles. The van der Waals surface area contributed by atoms with Gasteiger partial charge in [0.2, 0.25) is 11.8 Å². The van der Waals surface area contributed by atoms with Gasteiger partial charge in [-0.05, 0) is 41.0 Å². The summed E-state index contributed by atoms with van der Waals surface area (Å²) in [5.41, 5.74) is 8.17. The van der Waals surface area contributed by atoms with Crippen molar-refractivity contribution in [2.24, 2.45) is 5.73 Å². The highest BCUT2D eigenvalue weighted by atomic mass is 19.1. The fourth-order valence-electron chi connectivity index (χ4n) is 3.48. The maximum absolute atomic E-state index is 13.6. The van der Waals surface area contributed by atoms with Crippen LogP contribution in [0.2, 0.25) is 0 Å². The van der Waals surface area contributed by atoms with Crippen LogP contribution in [0.1, 0.15) is 34.5 Å². The smallest absolute Gasteiger partial charge is 0.267 e. The van der Waals surface area contributed by atoms with Crippen molar-refractivity contribution in [1.82, 2.24) is 9.88 Å². The molecule has 1 saturated heterocycles. The van der Waals surface area contributed by atoms with Crippen LogP contribution in [0.15, 0.2) is 54.6 Å². The number of hydrogen-bond acceptors (Lipinski definition) is 4.